The molecule has 1 aromatic heterocycles. The molecule has 0 aliphatic carbocycles. The van der Waals surface area contributed by atoms with E-state index in [4.69, 9.17) is 9.15 Å². The molecular weight excluding hydrogens is 454 g/mol. The van der Waals surface area contributed by atoms with Crippen LogP contribution < -0.4 is 5.32 Å². The molecule has 3 aromatic rings. The molecule has 7 nitrogen and oxygen atoms in total. The number of carboxylic acids is 1. The van der Waals surface area contributed by atoms with Crippen LogP contribution in [0.4, 0.5) is 5.69 Å². The average Bonchev–Trinajstić information content (AvgIpc) is 3.40. The highest BCUT2D eigenvalue weighted by Gasteiger charge is 2.35. The zero-order chi connectivity index (χ0) is 24.2. The lowest BCUT2D eigenvalue weighted by atomic mass is 10.1. The first kappa shape index (κ1) is 23.1. The van der Waals surface area contributed by atoms with Gasteiger partial charge in [-0.1, -0.05) is 47.7 Å². The number of carboxylic acid groups (broad SMARTS) is 1. The minimum absolute atomic E-state index is 0.0679. The minimum atomic E-state index is -1.07. The monoisotopic (exact) mass is 475 g/mol. The highest BCUT2D eigenvalue weighted by Crippen LogP contribution is 2.41. The number of rotatable bonds is 7. The van der Waals surface area contributed by atoms with Crippen LogP contribution in [0.25, 0.3) is 17.4 Å². The Morgan fingerprint density at radius 1 is 1.09 bits per heavy atom. The Hall–Kier alpha value is -4.04. The number of hydrogen-bond donors (Lipinski definition) is 2. The summed E-state index contributed by atoms with van der Waals surface area (Å²) in [6.07, 6.45) is 1.53. The van der Waals surface area contributed by atoms with Crippen molar-refractivity contribution in [2.24, 2.45) is 0 Å². The van der Waals surface area contributed by atoms with E-state index < -0.39 is 17.7 Å². The Labute approximate surface area is 200 Å². The molecule has 0 amide bonds. The summed E-state index contributed by atoms with van der Waals surface area (Å²) < 4.78 is 10.9. The fraction of sp³-hybridized carbons (Fsp3) is 0.115. The third-order valence-electron chi connectivity index (χ3n) is 5.00. The van der Waals surface area contributed by atoms with Gasteiger partial charge in [0, 0.05) is 11.3 Å². The molecule has 8 heteroatoms. The molecule has 0 saturated heterocycles. The molecule has 4 rings (SSSR count). The molecule has 172 valence electrons. The lowest BCUT2D eigenvalue weighted by Gasteiger charge is -2.08. The van der Waals surface area contributed by atoms with Crippen molar-refractivity contribution in [2.45, 2.75) is 13.8 Å². The maximum atomic E-state index is 13.1. The molecule has 2 heterocycles. The van der Waals surface area contributed by atoms with Crippen molar-refractivity contribution in [3.8, 4) is 11.3 Å². The van der Waals surface area contributed by atoms with Gasteiger partial charge in [-0.15, -0.1) is 0 Å². The van der Waals surface area contributed by atoms with Crippen molar-refractivity contribution >= 4 is 41.2 Å². The summed E-state index contributed by atoms with van der Waals surface area (Å²) in [4.78, 5) is 37.4. The van der Waals surface area contributed by atoms with Gasteiger partial charge in [0.25, 0.3) is 0 Å². The Morgan fingerprint density at radius 3 is 2.53 bits per heavy atom. The number of anilines is 1. The van der Waals surface area contributed by atoms with E-state index in [1.807, 2.05) is 31.2 Å². The number of aromatic carboxylic acids is 1. The molecule has 1 aliphatic rings. The van der Waals surface area contributed by atoms with Gasteiger partial charge in [-0.25, -0.2) is 9.59 Å². The number of Topliss-reactive ketones (excluding diaryl/α,β-unsaturated/α-hetero) is 1. The maximum absolute atomic E-state index is 13.1. The quantitative estimate of drug-likeness (QED) is 0.262. The fourth-order valence-electron chi connectivity index (χ4n) is 3.36. The van der Waals surface area contributed by atoms with Gasteiger partial charge < -0.3 is 19.6 Å². The molecule has 2 aromatic carbocycles. The number of aryl methyl sites for hydroxylation is 1. The summed E-state index contributed by atoms with van der Waals surface area (Å²) in [7, 11) is 0. The molecule has 0 saturated carbocycles. The van der Waals surface area contributed by atoms with E-state index >= 15 is 0 Å². The van der Waals surface area contributed by atoms with E-state index in [0.717, 1.165) is 23.0 Å². The third kappa shape index (κ3) is 4.82. The zero-order valence-electron chi connectivity index (χ0n) is 18.5. The van der Waals surface area contributed by atoms with Gasteiger partial charge in [0.1, 0.15) is 17.1 Å². The number of allylic oxidation sites excluding steroid dienone is 1. The van der Waals surface area contributed by atoms with Crippen LogP contribution in [0.2, 0.25) is 0 Å². The van der Waals surface area contributed by atoms with Crippen LogP contribution in [0.5, 0.6) is 0 Å². The smallest absolute Gasteiger partial charge is 0.344 e. The van der Waals surface area contributed by atoms with Gasteiger partial charge in [0.15, 0.2) is 0 Å². The second-order valence-electron chi connectivity index (χ2n) is 7.41. The Balaban J connectivity index is 1.64. The van der Waals surface area contributed by atoms with E-state index in [-0.39, 0.29) is 22.6 Å². The van der Waals surface area contributed by atoms with Crippen molar-refractivity contribution in [3.63, 3.8) is 0 Å². The number of nitrogens with one attached hydrogen (secondary N) is 1. The summed E-state index contributed by atoms with van der Waals surface area (Å²) in [5.74, 6) is -1.53. The Morgan fingerprint density at radius 2 is 1.82 bits per heavy atom. The number of hydrogen-bond acceptors (Lipinski definition) is 7. The molecule has 0 unspecified atom stereocenters. The average molecular weight is 476 g/mol. The molecule has 0 atom stereocenters. The number of thioether (sulfide) groups is 1. The third-order valence-corrected chi connectivity index (χ3v) is 6.04. The molecule has 2 N–H and O–H groups in total. The van der Waals surface area contributed by atoms with E-state index in [0.29, 0.717) is 22.1 Å². The number of carbonyl (C=O) groups is 3. The van der Waals surface area contributed by atoms with Crippen molar-refractivity contribution < 1.29 is 28.6 Å². The summed E-state index contributed by atoms with van der Waals surface area (Å²) in [5.41, 5.74) is 2.28. The molecular formula is C26H21NO6S. The van der Waals surface area contributed by atoms with Crippen LogP contribution in [0, 0.1) is 6.92 Å². The van der Waals surface area contributed by atoms with Gasteiger partial charge in [-0.3, -0.25) is 4.79 Å². The number of esters is 1. The Kier molecular flexibility index (Phi) is 6.70. The number of carbonyl (C=O) groups excluding carboxylic acids is 2. The molecule has 0 radical (unpaired) electrons. The lowest BCUT2D eigenvalue weighted by Crippen LogP contribution is -2.16. The van der Waals surface area contributed by atoms with Gasteiger partial charge in [-0.05, 0) is 50.3 Å². The van der Waals surface area contributed by atoms with Gasteiger partial charge in [0.2, 0.25) is 5.78 Å². The van der Waals surface area contributed by atoms with Crippen LogP contribution in [-0.4, -0.2) is 29.4 Å². The van der Waals surface area contributed by atoms with Gasteiger partial charge in [-0.2, -0.15) is 0 Å². The molecule has 1 aliphatic heterocycles. The van der Waals surface area contributed by atoms with E-state index in [1.54, 1.807) is 37.3 Å². The van der Waals surface area contributed by atoms with Crippen LogP contribution in [0.15, 0.2) is 80.6 Å². The van der Waals surface area contributed by atoms with Crippen molar-refractivity contribution in [3.05, 3.63) is 93.1 Å². The van der Waals surface area contributed by atoms with Gasteiger partial charge in [0.05, 0.1) is 22.1 Å². The Bertz CT molecular complexity index is 1330. The normalized spacial score (nSPS) is 14.5. The van der Waals surface area contributed by atoms with E-state index in [9.17, 15) is 19.5 Å². The van der Waals surface area contributed by atoms with Crippen molar-refractivity contribution in [1.29, 1.82) is 0 Å². The second kappa shape index (κ2) is 9.84. The number of benzene rings is 2. The highest BCUT2D eigenvalue weighted by molar-refractivity contribution is 8.08. The van der Waals surface area contributed by atoms with Crippen LogP contribution in [0.1, 0.15) is 28.6 Å². The molecule has 0 fully saturated rings. The first-order valence-electron chi connectivity index (χ1n) is 10.5. The summed E-state index contributed by atoms with van der Waals surface area (Å²) >= 11 is 1.11. The molecule has 0 spiro atoms. The SMILES string of the molecule is CCOC(=O)C1=C(Nc2ccc(C)cc2)S/C(=C\c2ccc(-c3ccccc3C(=O)O)o2)C1=O. The number of furan rings is 1. The number of ether oxygens (including phenoxy) is 1. The fourth-order valence-corrected chi connectivity index (χ4v) is 4.40. The molecule has 34 heavy (non-hydrogen) atoms. The first-order chi connectivity index (χ1) is 16.4. The largest absolute Gasteiger partial charge is 0.478 e. The minimum Gasteiger partial charge on any atom is -0.478 e. The summed E-state index contributed by atoms with van der Waals surface area (Å²) in [6, 6.07) is 17.3. The summed E-state index contributed by atoms with van der Waals surface area (Å²) in [6.45, 7) is 3.78. The van der Waals surface area contributed by atoms with E-state index in [2.05, 4.69) is 5.32 Å². The highest BCUT2D eigenvalue weighted by atomic mass is 32.2. The maximum Gasteiger partial charge on any atom is 0.344 e. The lowest BCUT2D eigenvalue weighted by molar-refractivity contribution is -0.139. The van der Waals surface area contributed by atoms with Crippen LogP contribution in [0.3, 0.4) is 0 Å². The predicted molar refractivity (Wildman–Crippen MR) is 130 cm³/mol. The van der Waals surface area contributed by atoms with Crippen LogP contribution >= 0.6 is 11.8 Å². The second-order valence-corrected chi connectivity index (χ2v) is 8.46. The zero-order valence-corrected chi connectivity index (χ0v) is 19.3. The standard InChI is InChI=1S/C26H21NO6S/c1-3-32-26(31)22-23(28)21(34-24(22)27-16-10-8-15(2)9-11-16)14-17-12-13-20(33-17)18-6-4-5-7-19(18)25(29)30/h4-14,27H,3H2,1-2H3,(H,29,30)/b21-14-. The first-order valence-corrected chi connectivity index (χ1v) is 11.3. The number of ketones is 1. The topological polar surface area (TPSA) is 106 Å². The van der Waals surface area contributed by atoms with E-state index in [1.165, 1.54) is 12.1 Å². The predicted octanol–water partition coefficient (Wildman–Crippen LogP) is 5.50. The van der Waals surface area contributed by atoms with Gasteiger partial charge >= 0.3 is 11.9 Å². The van der Waals surface area contributed by atoms with Crippen molar-refractivity contribution in [1.82, 2.24) is 0 Å². The van der Waals surface area contributed by atoms with Crippen LogP contribution in [-0.2, 0) is 14.3 Å². The summed E-state index contributed by atoms with van der Waals surface area (Å²) in [5, 5.41) is 12.9. The van der Waals surface area contributed by atoms with Crippen molar-refractivity contribution in [2.75, 3.05) is 11.9 Å². The molecule has 0 bridgehead atoms.